The molecule has 0 fully saturated rings. The van der Waals surface area contributed by atoms with Crippen LogP contribution >= 0.6 is 11.6 Å². The molecule has 1 aromatic rings. The molecule has 1 unspecified atom stereocenters. The third kappa shape index (κ3) is 5.91. The highest BCUT2D eigenvalue weighted by molar-refractivity contribution is 6.31. The van der Waals surface area contributed by atoms with Crippen molar-refractivity contribution in [3.05, 3.63) is 34.6 Å². The maximum Gasteiger partial charge on any atom is 0.172 e. The van der Waals surface area contributed by atoms with Gasteiger partial charge in [0.1, 0.15) is 5.82 Å². The van der Waals surface area contributed by atoms with Gasteiger partial charge in [0.05, 0.1) is 6.04 Å². The van der Waals surface area contributed by atoms with E-state index < -0.39 is 6.29 Å². The highest BCUT2D eigenvalue weighted by Gasteiger charge is 2.24. The van der Waals surface area contributed by atoms with Gasteiger partial charge in [0.15, 0.2) is 6.29 Å². The maximum absolute atomic E-state index is 14.0. The number of benzene rings is 1. The van der Waals surface area contributed by atoms with E-state index in [2.05, 4.69) is 12.2 Å². The van der Waals surface area contributed by atoms with Crippen molar-refractivity contribution in [2.45, 2.75) is 45.9 Å². The third-order valence-electron chi connectivity index (χ3n) is 3.13. The summed E-state index contributed by atoms with van der Waals surface area (Å²) in [7, 11) is 0. The Bertz CT molecular complexity index is 391. The first kappa shape index (κ1) is 18.4. The molecule has 21 heavy (non-hydrogen) atoms. The van der Waals surface area contributed by atoms with Crippen molar-refractivity contribution >= 4 is 11.6 Å². The molecule has 3 nitrogen and oxygen atoms in total. The Morgan fingerprint density at radius 1 is 1.19 bits per heavy atom. The summed E-state index contributed by atoms with van der Waals surface area (Å²) in [5.41, 5.74) is 0.497. The molecule has 0 bridgehead atoms. The van der Waals surface area contributed by atoms with E-state index in [4.69, 9.17) is 21.1 Å². The van der Waals surface area contributed by atoms with Crippen molar-refractivity contribution in [3.8, 4) is 0 Å². The molecule has 0 aromatic heterocycles. The second kappa shape index (κ2) is 10.1. The molecule has 0 amide bonds. The van der Waals surface area contributed by atoms with Crippen LogP contribution in [0.1, 0.15) is 32.8 Å². The zero-order valence-corrected chi connectivity index (χ0v) is 13.8. The predicted molar refractivity (Wildman–Crippen MR) is 84.2 cm³/mol. The normalized spacial score (nSPS) is 12.9. The van der Waals surface area contributed by atoms with Gasteiger partial charge in [0, 0.05) is 23.8 Å². The van der Waals surface area contributed by atoms with Crippen LogP contribution in [0, 0.1) is 5.82 Å². The molecule has 5 heteroatoms. The molecule has 120 valence electrons. The van der Waals surface area contributed by atoms with E-state index in [-0.39, 0.29) is 11.9 Å². The average molecular weight is 318 g/mol. The third-order valence-corrected chi connectivity index (χ3v) is 3.49. The van der Waals surface area contributed by atoms with Gasteiger partial charge in [-0.25, -0.2) is 4.39 Å². The molecule has 1 aromatic carbocycles. The average Bonchev–Trinajstić information content (AvgIpc) is 2.46. The number of nitrogens with one attached hydrogen (secondary N) is 1. The minimum atomic E-state index is -0.415. The summed E-state index contributed by atoms with van der Waals surface area (Å²) in [6.07, 6.45) is 0.991. The van der Waals surface area contributed by atoms with Crippen LogP contribution in [0.15, 0.2) is 18.2 Å². The van der Waals surface area contributed by atoms with Crippen LogP contribution in [-0.4, -0.2) is 32.1 Å². The van der Waals surface area contributed by atoms with E-state index >= 15 is 0 Å². The van der Waals surface area contributed by atoms with E-state index in [1.165, 1.54) is 6.07 Å². The van der Waals surface area contributed by atoms with Gasteiger partial charge < -0.3 is 14.8 Å². The summed E-state index contributed by atoms with van der Waals surface area (Å²) >= 11 is 6.12. The number of halogens is 2. The van der Waals surface area contributed by atoms with Crippen molar-refractivity contribution in [3.63, 3.8) is 0 Å². The van der Waals surface area contributed by atoms with Crippen molar-refractivity contribution in [1.82, 2.24) is 5.32 Å². The highest BCUT2D eigenvalue weighted by atomic mass is 35.5. The fraction of sp³-hybridized carbons (Fsp3) is 0.625. The van der Waals surface area contributed by atoms with Crippen molar-refractivity contribution < 1.29 is 13.9 Å². The van der Waals surface area contributed by atoms with E-state index in [0.717, 1.165) is 13.0 Å². The molecule has 1 N–H and O–H groups in total. The number of hydrogen-bond acceptors (Lipinski definition) is 3. The van der Waals surface area contributed by atoms with E-state index in [1.807, 2.05) is 13.8 Å². The summed E-state index contributed by atoms with van der Waals surface area (Å²) in [4.78, 5) is 0. The Morgan fingerprint density at radius 3 is 2.38 bits per heavy atom. The Morgan fingerprint density at radius 2 is 1.86 bits per heavy atom. The maximum atomic E-state index is 14.0. The first-order valence-electron chi connectivity index (χ1n) is 7.53. The molecule has 0 aliphatic rings. The summed E-state index contributed by atoms with van der Waals surface area (Å²) in [5.74, 6) is -0.294. The molecule has 0 spiro atoms. The van der Waals surface area contributed by atoms with Gasteiger partial charge in [-0.1, -0.05) is 24.6 Å². The second-order valence-corrected chi connectivity index (χ2v) is 5.15. The van der Waals surface area contributed by atoms with Gasteiger partial charge in [-0.2, -0.15) is 0 Å². The molecular weight excluding hydrogens is 293 g/mol. The van der Waals surface area contributed by atoms with Crippen LogP contribution in [0.4, 0.5) is 4.39 Å². The van der Waals surface area contributed by atoms with Crippen LogP contribution in [0.2, 0.25) is 5.02 Å². The molecule has 0 aliphatic heterocycles. The molecular formula is C16H25ClFNO2. The van der Waals surface area contributed by atoms with Crippen LogP contribution in [0.5, 0.6) is 0 Å². The quantitative estimate of drug-likeness (QED) is 0.666. The van der Waals surface area contributed by atoms with Gasteiger partial charge >= 0.3 is 0 Å². The first-order valence-corrected chi connectivity index (χ1v) is 7.91. The molecule has 0 saturated heterocycles. The molecule has 1 atom stereocenters. The summed E-state index contributed by atoms with van der Waals surface area (Å²) in [6.45, 7) is 7.81. The van der Waals surface area contributed by atoms with Gasteiger partial charge in [-0.3, -0.25) is 0 Å². The fourth-order valence-corrected chi connectivity index (χ4v) is 2.39. The summed E-state index contributed by atoms with van der Waals surface area (Å²) in [6, 6.07) is 4.60. The highest BCUT2D eigenvalue weighted by Crippen LogP contribution is 2.22. The van der Waals surface area contributed by atoms with Crippen LogP contribution in [0.25, 0.3) is 0 Å². The smallest absolute Gasteiger partial charge is 0.172 e. The number of rotatable bonds is 10. The zero-order chi connectivity index (χ0) is 15.7. The topological polar surface area (TPSA) is 30.5 Å². The standard InChI is InChI=1S/C16H25ClFNO2/c1-4-10-19-15(16(20-5-2)21-6-3)11-12-13(17)8-7-9-14(12)18/h7-9,15-16,19H,4-6,10-11H2,1-3H3. The molecule has 0 saturated carbocycles. The second-order valence-electron chi connectivity index (χ2n) is 4.74. The first-order chi connectivity index (χ1) is 10.1. The van der Waals surface area contributed by atoms with Crippen LogP contribution in [0.3, 0.4) is 0 Å². The Balaban J connectivity index is 2.90. The van der Waals surface area contributed by atoms with E-state index in [9.17, 15) is 4.39 Å². The van der Waals surface area contributed by atoms with Crippen molar-refractivity contribution in [1.29, 1.82) is 0 Å². The van der Waals surface area contributed by atoms with Crippen molar-refractivity contribution in [2.75, 3.05) is 19.8 Å². The van der Waals surface area contributed by atoms with Crippen molar-refractivity contribution in [2.24, 2.45) is 0 Å². The lowest BCUT2D eigenvalue weighted by Gasteiger charge is -2.28. The lowest BCUT2D eigenvalue weighted by atomic mass is 10.0. The van der Waals surface area contributed by atoms with Gasteiger partial charge in [0.2, 0.25) is 0 Å². The van der Waals surface area contributed by atoms with E-state index in [0.29, 0.717) is 30.2 Å². The van der Waals surface area contributed by atoms with Crippen LogP contribution in [-0.2, 0) is 15.9 Å². The predicted octanol–water partition coefficient (Wildman–Crippen LogP) is 3.79. The molecule has 0 radical (unpaired) electrons. The lowest BCUT2D eigenvalue weighted by molar-refractivity contribution is -0.153. The molecule has 1 rings (SSSR count). The van der Waals surface area contributed by atoms with Crippen LogP contribution < -0.4 is 5.32 Å². The number of ether oxygens (including phenoxy) is 2. The lowest BCUT2D eigenvalue weighted by Crippen LogP contribution is -2.45. The monoisotopic (exact) mass is 317 g/mol. The molecule has 0 heterocycles. The van der Waals surface area contributed by atoms with E-state index in [1.54, 1.807) is 12.1 Å². The SMILES string of the molecule is CCCNC(Cc1c(F)cccc1Cl)C(OCC)OCC. The fourth-order valence-electron chi connectivity index (χ4n) is 2.15. The number of hydrogen-bond donors (Lipinski definition) is 1. The largest absolute Gasteiger partial charge is 0.351 e. The summed E-state index contributed by atoms with van der Waals surface area (Å²) in [5, 5.41) is 3.80. The van der Waals surface area contributed by atoms with Gasteiger partial charge in [-0.15, -0.1) is 0 Å². The Kier molecular flexibility index (Phi) is 8.85. The Hall–Kier alpha value is -0.680. The Labute approximate surface area is 131 Å². The molecule has 0 aliphatic carbocycles. The van der Waals surface area contributed by atoms with Gasteiger partial charge in [-0.05, 0) is 45.4 Å². The minimum Gasteiger partial charge on any atom is -0.351 e. The summed E-state index contributed by atoms with van der Waals surface area (Å²) < 4.78 is 25.3. The zero-order valence-electron chi connectivity index (χ0n) is 13.0. The minimum absolute atomic E-state index is 0.140. The van der Waals surface area contributed by atoms with Gasteiger partial charge in [0.25, 0.3) is 0 Å².